The number of carbonyl (C=O) groups is 1. The zero-order valence-corrected chi connectivity index (χ0v) is 11.7. The van der Waals surface area contributed by atoms with Crippen LogP contribution in [0.3, 0.4) is 0 Å². The number of aromatic nitrogens is 2. The van der Waals surface area contributed by atoms with E-state index < -0.39 is 4.92 Å². The lowest BCUT2D eigenvalue weighted by atomic mass is 10.2. The Morgan fingerprint density at radius 1 is 1.55 bits per heavy atom. The number of carbonyl (C=O) groups excluding carboxylic acids is 1. The highest BCUT2D eigenvalue weighted by molar-refractivity contribution is 8.01. The smallest absolute Gasteiger partial charge is 0.293 e. The fourth-order valence-corrected chi connectivity index (χ4v) is 3.03. The summed E-state index contributed by atoms with van der Waals surface area (Å²) in [7, 11) is 0. The fourth-order valence-electron chi connectivity index (χ4n) is 1.26. The van der Waals surface area contributed by atoms with Gasteiger partial charge in [-0.3, -0.25) is 14.9 Å². The second kappa shape index (κ2) is 5.77. The van der Waals surface area contributed by atoms with Crippen molar-refractivity contribution in [2.45, 2.75) is 16.3 Å². The van der Waals surface area contributed by atoms with Crippen molar-refractivity contribution < 1.29 is 9.72 Å². The Bertz CT molecular complexity index is 736. The number of hydrogen-bond acceptors (Lipinski definition) is 8. The van der Waals surface area contributed by atoms with Crippen molar-refractivity contribution in [1.82, 2.24) is 9.97 Å². The molecule has 100 valence electrons. The Morgan fingerprint density at radius 3 is 2.85 bits per heavy atom. The first-order chi connectivity index (χ1) is 9.51. The van der Waals surface area contributed by atoms with Crippen LogP contribution in [-0.4, -0.2) is 20.7 Å². The summed E-state index contributed by atoms with van der Waals surface area (Å²) in [5, 5.41) is 19.8. The van der Waals surface area contributed by atoms with Crippen LogP contribution in [0.4, 0.5) is 5.00 Å². The lowest BCUT2D eigenvalue weighted by molar-refractivity contribution is -0.380. The van der Waals surface area contributed by atoms with E-state index in [1.54, 1.807) is 0 Å². The summed E-state index contributed by atoms with van der Waals surface area (Å²) in [4.78, 5) is 29.3. The molecule has 0 saturated carbocycles. The van der Waals surface area contributed by atoms with Gasteiger partial charge in [-0.2, -0.15) is 5.26 Å². The molecule has 0 N–H and O–H groups in total. The monoisotopic (exact) mass is 306 g/mol. The molecule has 9 heteroatoms. The van der Waals surface area contributed by atoms with Gasteiger partial charge in [0.15, 0.2) is 10.1 Å². The average molecular weight is 306 g/mol. The number of nitrogens with zero attached hydrogens (tertiary/aromatic N) is 4. The summed E-state index contributed by atoms with van der Waals surface area (Å²) < 4.78 is 0.390. The summed E-state index contributed by atoms with van der Waals surface area (Å²) in [6.07, 6.45) is 1.15. The van der Waals surface area contributed by atoms with E-state index in [1.807, 2.05) is 6.07 Å². The van der Waals surface area contributed by atoms with Crippen LogP contribution in [0, 0.1) is 21.4 Å². The maximum absolute atomic E-state index is 11.3. The number of rotatable bonds is 4. The first kappa shape index (κ1) is 14.1. The van der Waals surface area contributed by atoms with Crippen LogP contribution in [0.5, 0.6) is 0 Å². The quantitative estimate of drug-likeness (QED) is 0.485. The molecule has 2 aromatic heterocycles. The van der Waals surface area contributed by atoms with Gasteiger partial charge >= 0.3 is 5.00 Å². The molecule has 0 spiro atoms. The van der Waals surface area contributed by atoms with Crippen molar-refractivity contribution in [2.75, 3.05) is 0 Å². The van der Waals surface area contributed by atoms with Gasteiger partial charge in [-0.15, -0.1) is 0 Å². The summed E-state index contributed by atoms with van der Waals surface area (Å²) in [6.45, 7) is 1.37. The highest BCUT2D eigenvalue weighted by Crippen LogP contribution is 2.34. The fraction of sp³-hybridized carbons (Fsp3) is 0.0909. The molecule has 0 aliphatic rings. The molecule has 0 amide bonds. The van der Waals surface area contributed by atoms with E-state index in [2.05, 4.69) is 9.97 Å². The molecule has 2 rings (SSSR count). The third-order valence-corrected chi connectivity index (χ3v) is 4.21. The van der Waals surface area contributed by atoms with Crippen molar-refractivity contribution in [3.8, 4) is 6.07 Å². The van der Waals surface area contributed by atoms with Gasteiger partial charge in [0.05, 0.1) is 10.5 Å². The standard InChI is InChI=1S/C11H6N4O3S2/c1-6(16)8-3-2-7(4-12)10(14-8)20-11-13-5-9(19-11)15(17)18/h2-3,5H,1H3. The predicted octanol–water partition coefficient (Wildman–Crippen LogP) is 2.67. The minimum Gasteiger partial charge on any atom is -0.293 e. The van der Waals surface area contributed by atoms with E-state index in [1.165, 1.54) is 19.1 Å². The number of hydrogen-bond donors (Lipinski definition) is 0. The second-order valence-electron chi connectivity index (χ2n) is 3.54. The zero-order valence-electron chi connectivity index (χ0n) is 10.1. The maximum atomic E-state index is 11.3. The number of Topliss-reactive ketones (excluding diaryl/α,β-unsaturated/α-hetero) is 1. The molecule has 0 bridgehead atoms. The Balaban J connectivity index is 2.36. The Labute approximate surface area is 121 Å². The molecular weight excluding hydrogens is 300 g/mol. The normalized spacial score (nSPS) is 10.0. The lowest BCUT2D eigenvalue weighted by Crippen LogP contribution is -1.99. The lowest BCUT2D eigenvalue weighted by Gasteiger charge is -2.02. The molecule has 20 heavy (non-hydrogen) atoms. The van der Waals surface area contributed by atoms with Crippen LogP contribution in [-0.2, 0) is 0 Å². The summed E-state index contributed by atoms with van der Waals surface area (Å²) >= 11 is 1.91. The third-order valence-electron chi connectivity index (χ3n) is 2.18. The van der Waals surface area contributed by atoms with E-state index in [9.17, 15) is 14.9 Å². The molecular formula is C11H6N4O3S2. The SMILES string of the molecule is CC(=O)c1ccc(C#N)c(Sc2ncc([N+](=O)[O-])s2)n1. The van der Waals surface area contributed by atoms with Gasteiger partial charge in [0, 0.05) is 6.92 Å². The zero-order chi connectivity index (χ0) is 14.7. The van der Waals surface area contributed by atoms with E-state index in [4.69, 9.17) is 5.26 Å². The van der Waals surface area contributed by atoms with E-state index >= 15 is 0 Å². The number of thiazole rings is 1. The van der Waals surface area contributed by atoms with Crippen LogP contribution in [0.1, 0.15) is 23.0 Å². The van der Waals surface area contributed by atoms with Crippen molar-refractivity contribution in [2.24, 2.45) is 0 Å². The molecule has 2 heterocycles. The van der Waals surface area contributed by atoms with Gasteiger partial charge in [-0.25, -0.2) is 9.97 Å². The molecule has 0 fully saturated rings. The number of nitro groups is 1. The molecule has 0 unspecified atom stereocenters. The second-order valence-corrected chi connectivity index (χ2v) is 5.79. The summed E-state index contributed by atoms with van der Waals surface area (Å²) in [5.74, 6) is -0.221. The molecule has 7 nitrogen and oxygen atoms in total. The number of nitriles is 1. The summed E-state index contributed by atoms with van der Waals surface area (Å²) in [5.41, 5.74) is 0.524. The van der Waals surface area contributed by atoms with Gasteiger partial charge < -0.3 is 0 Å². The van der Waals surface area contributed by atoms with Gasteiger partial charge in [0.25, 0.3) is 0 Å². The van der Waals surface area contributed by atoms with Crippen molar-refractivity contribution in [3.05, 3.63) is 39.7 Å². The average Bonchev–Trinajstić information content (AvgIpc) is 2.87. The molecule has 0 atom stereocenters. The van der Waals surface area contributed by atoms with Crippen molar-refractivity contribution in [3.63, 3.8) is 0 Å². The van der Waals surface area contributed by atoms with Crippen LogP contribution >= 0.6 is 23.1 Å². The minimum atomic E-state index is -0.535. The number of ketones is 1. The molecule has 0 aliphatic carbocycles. The van der Waals surface area contributed by atoms with Crippen LogP contribution in [0.15, 0.2) is 27.7 Å². The summed E-state index contributed by atoms with van der Waals surface area (Å²) in [6, 6.07) is 4.92. The van der Waals surface area contributed by atoms with E-state index in [-0.39, 0.29) is 22.0 Å². The molecule has 2 aromatic rings. The largest absolute Gasteiger partial charge is 0.344 e. The molecule has 0 saturated heterocycles. The van der Waals surface area contributed by atoms with Crippen LogP contribution in [0.2, 0.25) is 0 Å². The highest BCUT2D eigenvalue weighted by Gasteiger charge is 2.16. The first-order valence-corrected chi connectivity index (χ1v) is 6.84. The molecule has 0 aromatic carbocycles. The van der Waals surface area contributed by atoms with Gasteiger partial charge in [0.1, 0.15) is 23.0 Å². The Hall–Kier alpha value is -2.31. The number of pyridine rings is 1. The molecule has 0 aliphatic heterocycles. The van der Waals surface area contributed by atoms with E-state index in [0.29, 0.717) is 9.37 Å². The van der Waals surface area contributed by atoms with Crippen LogP contribution in [0.25, 0.3) is 0 Å². The van der Waals surface area contributed by atoms with Crippen molar-refractivity contribution >= 4 is 33.9 Å². The highest BCUT2D eigenvalue weighted by atomic mass is 32.2. The Kier molecular flexibility index (Phi) is 4.07. The van der Waals surface area contributed by atoms with Crippen LogP contribution < -0.4 is 0 Å². The first-order valence-electron chi connectivity index (χ1n) is 5.21. The third kappa shape index (κ3) is 2.98. The van der Waals surface area contributed by atoms with Gasteiger partial charge in [-0.05, 0) is 35.2 Å². The van der Waals surface area contributed by atoms with E-state index in [0.717, 1.165) is 29.3 Å². The van der Waals surface area contributed by atoms with Gasteiger partial charge in [-0.1, -0.05) is 0 Å². The predicted molar refractivity (Wildman–Crippen MR) is 71.8 cm³/mol. The molecule has 0 radical (unpaired) electrons. The minimum absolute atomic E-state index is 0.0891. The Morgan fingerprint density at radius 2 is 2.30 bits per heavy atom. The van der Waals surface area contributed by atoms with Gasteiger partial charge in [0.2, 0.25) is 0 Å². The maximum Gasteiger partial charge on any atom is 0.344 e. The van der Waals surface area contributed by atoms with Crippen molar-refractivity contribution in [1.29, 1.82) is 5.26 Å². The topological polar surface area (TPSA) is 110 Å².